The number of ketones is 1. The second-order valence-corrected chi connectivity index (χ2v) is 12.4. The lowest BCUT2D eigenvalue weighted by molar-refractivity contribution is -0.146. The molecule has 6 rings (SSSR count). The summed E-state index contributed by atoms with van der Waals surface area (Å²) in [5.41, 5.74) is 9.72. The highest BCUT2D eigenvalue weighted by molar-refractivity contribution is 6.16. The van der Waals surface area contributed by atoms with Crippen LogP contribution in [0.15, 0.2) is 34.8 Å². The van der Waals surface area contributed by atoms with E-state index in [1.165, 1.54) is 12.7 Å². The number of aliphatic carboxylic acids is 1. The Morgan fingerprint density at radius 1 is 1.07 bits per heavy atom. The van der Waals surface area contributed by atoms with E-state index in [0.29, 0.717) is 23.3 Å². The molecule has 2 aromatic rings. The standard InChI is InChI=1S/C35H40N4O5/c1-8-19-15(3)22-12-24-17(5)21(10-11-28(40)41)32(38-24)30-31(35(43)44-7)34(42)29-18(6)25(39-33(29)30)14-27-20(9-2)16(4)23(37-27)13-26(19)36-22/h8,12-14,17-18,21,24,31,36-39H,1,9-11H2,2-7H3,(H,40,41)/b22-12-,25-14-,26-13-,32-30-/t17-,18?,21-,24?,31+/m0/s1. The molecule has 44 heavy (non-hydrogen) atoms. The van der Waals surface area contributed by atoms with E-state index in [0.717, 1.165) is 56.6 Å². The molecule has 0 spiro atoms. The molecule has 8 bridgehead atoms. The van der Waals surface area contributed by atoms with Crippen molar-refractivity contribution in [3.63, 3.8) is 0 Å². The molecule has 4 aliphatic rings. The van der Waals surface area contributed by atoms with Crippen molar-refractivity contribution in [3.8, 4) is 0 Å². The average molecular weight is 597 g/mol. The summed E-state index contributed by atoms with van der Waals surface area (Å²) in [5.74, 6) is -3.43. The first-order valence-corrected chi connectivity index (χ1v) is 15.3. The van der Waals surface area contributed by atoms with Crippen LogP contribution in [0.1, 0.15) is 67.3 Å². The van der Waals surface area contributed by atoms with Gasteiger partial charge in [0.15, 0.2) is 5.78 Å². The third-order valence-corrected chi connectivity index (χ3v) is 10.1. The van der Waals surface area contributed by atoms with Crippen LogP contribution in [0.3, 0.4) is 0 Å². The lowest BCUT2D eigenvalue weighted by Gasteiger charge is -2.22. The van der Waals surface area contributed by atoms with Crippen LogP contribution in [0.2, 0.25) is 0 Å². The topological polar surface area (TPSA) is 136 Å². The summed E-state index contributed by atoms with van der Waals surface area (Å²) in [7, 11) is 1.29. The maximum absolute atomic E-state index is 14.0. The van der Waals surface area contributed by atoms with Gasteiger partial charge in [-0.25, -0.2) is 0 Å². The van der Waals surface area contributed by atoms with Crippen LogP contribution in [0.4, 0.5) is 0 Å². The van der Waals surface area contributed by atoms with Crippen LogP contribution in [-0.2, 0) is 25.5 Å². The normalized spacial score (nSPS) is 29.6. The maximum Gasteiger partial charge on any atom is 0.321 e. The Labute approximate surface area is 256 Å². The van der Waals surface area contributed by atoms with Crippen molar-refractivity contribution >= 4 is 42.0 Å². The third kappa shape index (κ3) is 4.40. The fourth-order valence-electron chi connectivity index (χ4n) is 7.63. The molecule has 1 fully saturated rings. The number of fused-ring (bicyclic) bond motifs is 7. The molecule has 0 amide bonds. The zero-order valence-corrected chi connectivity index (χ0v) is 26.1. The molecule has 5 atom stereocenters. The molecule has 3 aliphatic heterocycles. The summed E-state index contributed by atoms with van der Waals surface area (Å²) in [6.07, 6.45) is 9.35. The first-order chi connectivity index (χ1) is 21.0. The Kier molecular flexibility index (Phi) is 7.30. The average Bonchev–Trinajstić information content (AvgIpc) is 3.72. The van der Waals surface area contributed by atoms with Crippen molar-refractivity contribution in [1.29, 1.82) is 0 Å². The molecule has 2 unspecified atom stereocenters. The highest BCUT2D eigenvalue weighted by Gasteiger charge is 2.52. The highest BCUT2D eigenvalue weighted by atomic mass is 16.5. The number of hydrogen-bond acceptors (Lipinski definition) is 6. The number of carbonyl (C=O) groups is 3. The van der Waals surface area contributed by atoms with Crippen LogP contribution >= 0.6 is 0 Å². The summed E-state index contributed by atoms with van der Waals surface area (Å²) in [6.45, 7) is 14.5. The number of aromatic nitrogens is 2. The number of Topliss-reactive ketones (excluding diaryl/α,β-unsaturated/α-hetero) is 1. The number of carboxylic acids is 1. The van der Waals surface area contributed by atoms with Gasteiger partial charge < -0.3 is 30.4 Å². The molecule has 2 aromatic heterocycles. The zero-order valence-electron chi connectivity index (χ0n) is 26.1. The summed E-state index contributed by atoms with van der Waals surface area (Å²) < 4.78 is 5.17. The number of methoxy groups -OCH3 is 1. The molecule has 1 saturated heterocycles. The number of carbonyl (C=O) groups excluding carboxylic acids is 2. The summed E-state index contributed by atoms with van der Waals surface area (Å²) >= 11 is 0. The number of allylic oxidation sites excluding steroid dienone is 3. The Morgan fingerprint density at radius 3 is 2.48 bits per heavy atom. The second-order valence-electron chi connectivity index (χ2n) is 12.4. The predicted octanol–water partition coefficient (Wildman–Crippen LogP) is 3.34. The highest BCUT2D eigenvalue weighted by Crippen LogP contribution is 2.48. The summed E-state index contributed by atoms with van der Waals surface area (Å²) in [5, 5.41) is 18.7. The number of carboxylic acid groups (broad SMARTS) is 1. The summed E-state index contributed by atoms with van der Waals surface area (Å²) in [4.78, 5) is 46.3. The Balaban J connectivity index is 1.67. The first kappa shape index (κ1) is 29.5. The number of hydrogen-bond donors (Lipinski definition) is 5. The Bertz CT molecular complexity index is 1850. The molecule has 9 nitrogen and oxygen atoms in total. The fraction of sp³-hybridized carbons (Fsp3) is 0.400. The van der Waals surface area contributed by atoms with Crippen LogP contribution < -0.4 is 21.3 Å². The Hall–Kier alpha value is -4.53. The zero-order chi connectivity index (χ0) is 31.6. The molecule has 1 aliphatic carbocycles. The lowest BCUT2D eigenvalue weighted by atomic mass is 9.83. The van der Waals surface area contributed by atoms with Gasteiger partial charge >= 0.3 is 11.9 Å². The van der Waals surface area contributed by atoms with Gasteiger partial charge in [-0.05, 0) is 67.5 Å². The minimum Gasteiger partial charge on any atom is -0.481 e. The maximum atomic E-state index is 14.0. The number of rotatable bonds is 6. The number of H-pyrrole nitrogens is 2. The van der Waals surface area contributed by atoms with Gasteiger partial charge in [0.05, 0.1) is 12.8 Å². The molecule has 5 heterocycles. The minimum absolute atomic E-state index is 0.0263. The van der Waals surface area contributed by atoms with Gasteiger partial charge in [0.1, 0.15) is 5.92 Å². The van der Waals surface area contributed by atoms with E-state index in [-0.39, 0.29) is 36.0 Å². The van der Waals surface area contributed by atoms with Gasteiger partial charge in [-0.1, -0.05) is 33.4 Å². The number of aromatic amines is 2. The Morgan fingerprint density at radius 2 is 1.82 bits per heavy atom. The van der Waals surface area contributed by atoms with E-state index >= 15 is 0 Å². The van der Waals surface area contributed by atoms with Crippen molar-refractivity contribution < 1.29 is 24.2 Å². The van der Waals surface area contributed by atoms with Crippen LogP contribution in [0.5, 0.6) is 0 Å². The van der Waals surface area contributed by atoms with Crippen molar-refractivity contribution in [1.82, 2.24) is 20.6 Å². The van der Waals surface area contributed by atoms with Gasteiger partial charge in [0.2, 0.25) is 0 Å². The van der Waals surface area contributed by atoms with Crippen LogP contribution in [0.25, 0.3) is 24.3 Å². The third-order valence-electron chi connectivity index (χ3n) is 10.1. The van der Waals surface area contributed by atoms with E-state index in [4.69, 9.17) is 4.74 Å². The largest absolute Gasteiger partial charge is 0.481 e. The van der Waals surface area contributed by atoms with Crippen molar-refractivity contribution in [2.75, 3.05) is 7.11 Å². The molecule has 5 N–H and O–H groups in total. The SMILES string of the molecule is C=Cc1c(C)/c2[nH]/c1=C\c1[nH]c(c(CC)c1C)/C=C1\NC3=C(C(=O)[C@H](C(=O)OC)/C3=C3/NC(\C=2)[C@@H](C)[C@@H]3CCC(=O)O)C1C. The van der Waals surface area contributed by atoms with Crippen LogP contribution in [0, 0.1) is 37.5 Å². The van der Waals surface area contributed by atoms with Crippen molar-refractivity contribution in [3.05, 3.63) is 79.2 Å². The van der Waals surface area contributed by atoms with E-state index in [2.05, 4.69) is 73.1 Å². The second kappa shape index (κ2) is 10.9. The van der Waals surface area contributed by atoms with Crippen LogP contribution in [-0.4, -0.2) is 45.9 Å². The predicted molar refractivity (Wildman–Crippen MR) is 169 cm³/mol. The molecular formula is C35H40N4O5. The summed E-state index contributed by atoms with van der Waals surface area (Å²) in [6, 6.07) is -0.190. The van der Waals surface area contributed by atoms with Gasteiger partial charge in [-0.15, -0.1) is 0 Å². The van der Waals surface area contributed by atoms with Crippen molar-refractivity contribution in [2.45, 2.75) is 59.9 Å². The van der Waals surface area contributed by atoms with Gasteiger partial charge in [0.25, 0.3) is 0 Å². The molecule has 0 saturated carbocycles. The monoisotopic (exact) mass is 596 g/mol. The van der Waals surface area contributed by atoms with E-state index in [1.807, 2.05) is 13.0 Å². The quantitative estimate of drug-likeness (QED) is 0.255. The van der Waals surface area contributed by atoms with Crippen molar-refractivity contribution in [2.24, 2.45) is 23.7 Å². The molecule has 0 radical (unpaired) electrons. The molecule has 0 aromatic carbocycles. The smallest absolute Gasteiger partial charge is 0.321 e. The molecule has 9 heteroatoms. The van der Waals surface area contributed by atoms with Gasteiger partial charge in [0, 0.05) is 74.5 Å². The first-order valence-electron chi connectivity index (χ1n) is 15.3. The molecule has 230 valence electrons. The number of nitrogens with one attached hydrogen (secondary N) is 4. The molecular weight excluding hydrogens is 556 g/mol. The van der Waals surface area contributed by atoms with Gasteiger partial charge in [-0.3, -0.25) is 14.4 Å². The lowest BCUT2D eigenvalue weighted by Crippen LogP contribution is -2.31. The van der Waals surface area contributed by atoms with E-state index in [9.17, 15) is 19.5 Å². The number of esters is 1. The van der Waals surface area contributed by atoms with Gasteiger partial charge in [-0.2, -0.15) is 0 Å². The fourth-order valence-corrected chi connectivity index (χ4v) is 7.63. The minimum atomic E-state index is -1.12. The number of ether oxygens (including phenoxy) is 1. The van der Waals surface area contributed by atoms with E-state index in [1.54, 1.807) is 0 Å². The van der Waals surface area contributed by atoms with E-state index < -0.39 is 17.9 Å².